The SMILES string of the molecule is CCC(=CC(=O)c1ccccc1C)CC. The third-order valence-corrected chi connectivity index (χ3v) is 2.65. The van der Waals surface area contributed by atoms with E-state index in [4.69, 9.17) is 0 Å². The Labute approximate surface area is 91.8 Å². The van der Waals surface area contributed by atoms with Crippen molar-refractivity contribution in [2.24, 2.45) is 0 Å². The standard InChI is InChI=1S/C14H18O/c1-4-12(5-2)10-14(15)13-9-7-6-8-11(13)3/h6-10H,4-5H2,1-3H3. The summed E-state index contributed by atoms with van der Waals surface area (Å²) in [6.45, 7) is 6.14. The molecule has 1 aromatic carbocycles. The largest absolute Gasteiger partial charge is 0.289 e. The van der Waals surface area contributed by atoms with Crippen molar-refractivity contribution in [2.75, 3.05) is 0 Å². The summed E-state index contributed by atoms with van der Waals surface area (Å²) in [6.07, 6.45) is 3.69. The van der Waals surface area contributed by atoms with E-state index in [0.29, 0.717) is 0 Å². The van der Waals surface area contributed by atoms with Crippen molar-refractivity contribution in [3.63, 3.8) is 0 Å². The van der Waals surface area contributed by atoms with Crippen LogP contribution in [-0.2, 0) is 0 Å². The maximum absolute atomic E-state index is 11.9. The molecule has 0 heterocycles. The molecule has 1 nitrogen and oxygen atoms in total. The van der Waals surface area contributed by atoms with Gasteiger partial charge in [0.25, 0.3) is 0 Å². The van der Waals surface area contributed by atoms with Gasteiger partial charge in [-0.05, 0) is 31.4 Å². The van der Waals surface area contributed by atoms with Gasteiger partial charge in [-0.2, -0.15) is 0 Å². The zero-order valence-electron chi connectivity index (χ0n) is 9.71. The summed E-state index contributed by atoms with van der Waals surface area (Å²) in [7, 11) is 0. The fourth-order valence-electron chi connectivity index (χ4n) is 1.57. The molecule has 1 rings (SSSR count). The number of carbonyl (C=O) groups is 1. The first-order valence-electron chi connectivity index (χ1n) is 5.48. The van der Waals surface area contributed by atoms with Crippen molar-refractivity contribution in [3.05, 3.63) is 47.0 Å². The third-order valence-electron chi connectivity index (χ3n) is 2.65. The Morgan fingerprint density at radius 3 is 2.33 bits per heavy atom. The van der Waals surface area contributed by atoms with Gasteiger partial charge in [-0.3, -0.25) is 4.79 Å². The van der Waals surface area contributed by atoms with Crippen molar-refractivity contribution < 1.29 is 4.79 Å². The number of benzene rings is 1. The van der Waals surface area contributed by atoms with E-state index in [1.54, 1.807) is 6.08 Å². The lowest BCUT2D eigenvalue weighted by Crippen LogP contribution is -1.99. The second-order valence-electron chi connectivity index (χ2n) is 3.69. The molecule has 0 amide bonds. The van der Waals surface area contributed by atoms with Crippen LogP contribution in [0.1, 0.15) is 42.6 Å². The number of hydrogen-bond donors (Lipinski definition) is 0. The smallest absolute Gasteiger partial charge is 0.186 e. The van der Waals surface area contributed by atoms with Crippen LogP contribution in [0.15, 0.2) is 35.9 Å². The molecule has 0 aromatic heterocycles. The fourth-order valence-corrected chi connectivity index (χ4v) is 1.57. The van der Waals surface area contributed by atoms with Gasteiger partial charge in [-0.15, -0.1) is 0 Å². The van der Waals surface area contributed by atoms with Gasteiger partial charge in [-0.25, -0.2) is 0 Å². The minimum Gasteiger partial charge on any atom is -0.289 e. The molecule has 0 saturated carbocycles. The topological polar surface area (TPSA) is 17.1 Å². The highest BCUT2D eigenvalue weighted by Gasteiger charge is 2.05. The highest BCUT2D eigenvalue weighted by molar-refractivity contribution is 6.05. The Balaban J connectivity index is 2.95. The van der Waals surface area contributed by atoms with Crippen LogP contribution in [0.3, 0.4) is 0 Å². The molecule has 0 bridgehead atoms. The molecule has 0 aliphatic rings. The van der Waals surface area contributed by atoms with Crippen molar-refractivity contribution in [1.29, 1.82) is 0 Å². The van der Waals surface area contributed by atoms with E-state index in [-0.39, 0.29) is 5.78 Å². The number of aryl methyl sites for hydroxylation is 1. The van der Waals surface area contributed by atoms with E-state index in [1.807, 2.05) is 31.2 Å². The molecule has 0 spiro atoms. The first kappa shape index (κ1) is 11.7. The highest BCUT2D eigenvalue weighted by Crippen LogP contribution is 2.12. The van der Waals surface area contributed by atoms with Crippen LogP contribution in [0.5, 0.6) is 0 Å². The lowest BCUT2D eigenvalue weighted by Gasteiger charge is -2.03. The second kappa shape index (κ2) is 5.50. The Kier molecular flexibility index (Phi) is 4.29. The van der Waals surface area contributed by atoms with E-state index in [2.05, 4.69) is 13.8 Å². The summed E-state index contributed by atoms with van der Waals surface area (Å²) in [6, 6.07) is 7.72. The average Bonchev–Trinajstić information content (AvgIpc) is 2.26. The summed E-state index contributed by atoms with van der Waals surface area (Å²) in [5.41, 5.74) is 3.07. The molecule has 1 aromatic rings. The quantitative estimate of drug-likeness (QED) is 0.534. The van der Waals surface area contributed by atoms with Crippen molar-refractivity contribution in [1.82, 2.24) is 0 Å². The number of hydrogen-bond acceptors (Lipinski definition) is 1. The van der Waals surface area contributed by atoms with Gasteiger partial charge < -0.3 is 0 Å². The van der Waals surface area contributed by atoms with Crippen LogP contribution in [0.25, 0.3) is 0 Å². The van der Waals surface area contributed by atoms with Crippen LogP contribution in [0, 0.1) is 6.92 Å². The lowest BCUT2D eigenvalue weighted by atomic mass is 10.0. The zero-order chi connectivity index (χ0) is 11.3. The third kappa shape index (κ3) is 3.05. The van der Waals surface area contributed by atoms with Crippen molar-refractivity contribution in [3.8, 4) is 0 Å². The minimum atomic E-state index is 0.131. The van der Waals surface area contributed by atoms with Crippen molar-refractivity contribution in [2.45, 2.75) is 33.6 Å². The van der Waals surface area contributed by atoms with Crippen LogP contribution < -0.4 is 0 Å². The Hall–Kier alpha value is -1.37. The minimum absolute atomic E-state index is 0.131. The zero-order valence-corrected chi connectivity index (χ0v) is 9.71. The summed E-state index contributed by atoms with van der Waals surface area (Å²) >= 11 is 0. The van der Waals surface area contributed by atoms with Crippen LogP contribution >= 0.6 is 0 Å². The molecule has 0 aliphatic heterocycles. The van der Waals surface area contributed by atoms with Gasteiger partial charge in [0.05, 0.1) is 0 Å². The molecular weight excluding hydrogens is 184 g/mol. The Morgan fingerprint density at radius 1 is 1.20 bits per heavy atom. The normalized spacial score (nSPS) is 9.80. The molecule has 0 aliphatic carbocycles. The molecule has 15 heavy (non-hydrogen) atoms. The Bertz CT molecular complexity index is 369. The summed E-state index contributed by atoms with van der Waals surface area (Å²) in [5, 5.41) is 0. The number of ketones is 1. The van der Waals surface area contributed by atoms with Gasteiger partial charge in [0.2, 0.25) is 0 Å². The van der Waals surface area contributed by atoms with Gasteiger partial charge in [0, 0.05) is 5.56 Å². The van der Waals surface area contributed by atoms with E-state index in [0.717, 1.165) is 24.0 Å². The summed E-state index contributed by atoms with van der Waals surface area (Å²) < 4.78 is 0. The van der Waals surface area contributed by atoms with Crippen LogP contribution in [-0.4, -0.2) is 5.78 Å². The molecular formula is C14H18O. The summed E-state index contributed by atoms with van der Waals surface area (Å²) in [4.78, 5) is 11.9. The second-order valence-corrected chi connectivity index (χ2v) is 3.69. The van der Waals surface area contributed by atoms with E-state index < -0.39 is 0 Å². The maximum atomic E-state index is 11.9. The molecule has 80 valence electrons. The number of carbonyl (C=O) groups excluding carboxylic acids is 1. The van der Waals surface area contributed by atoms with Crippen molar-refractivity contribution >= 4 is 5.78 Å². The number of rotatable bonds is 4. The first-order chi connectivity index (χ1) is 7.19. The maximum Gasteiger partial charge on any atom is 0.186 e. The van der Waals surface area contributed by atoms with E-state index >= 15 is 0 Å². The predicted molar refractivity (Wildman–Crippen MR) is 64.2 cm³/mol. The van der Waals surface area contributed by atoms with Gasteiger partial charge >= 0.3 is 0 Å². The average molecular weight is 202 g/mol. The first-order valence-corrected chi connectivity index (χ1v) is 5.48. The van der Waals surface area contributed by atoms with Gasteiger partial charge in [-0.1, -0.05) is 43.7 Å². The molecule has 0 fully saturated rings. The predicted octanol–water partition coefficient (Wildman–Crippen LogP) is 3.92. The molecule has 1 heteroatoms. The monoisotopic (exact) mass is 202 g/mol. The lowest BCUT2D eigenvalue weighted by molar-refractivity contribution is 0.104. The van der Waals surface area contributed by atoms with E-state index in [9.17, 15) is 4.79 Å². The molecule has 0 atom stereocenters. The van der Waals surface area contributed by atoms with E-state index in [1.165, 1.54) is 5.57 Å². The molecule has 0 saturated heterocycles. The van der Waals surface area contributed by atoms with Gasteiger partial charge in [0.15, 0.2) is 5.78 Å². The fraction of sp³-hybridized carbons (Fsp3) is 0.357. The Morgan fingerprint density at radius 2 is 1.80 bits per heavy atom. The van der Waals surface area contributed by atoms with Crippen LogP contribution in [0.4, 0.5) is 0 Å². The molecule has 0 unspecified atom stereocenters. The number of allylic oxidation sites excluding steroid dienone is 2. The van der Waals surface area contributed by atoms with Gasteiger partial charge in [0.1, 0.15) is 0 Å². The molecule has 0 N–H and O–H groups in total. The highest BCUT2D eigenvalue weighted by atomic mass is 16.1. The molecule has 0 radical (unpaired) electrons. The summed E-state index contributed by atoms with van der Waals surface area (Å²) in [5.74, 6) is 0.131. The van der Waals surface area contributed by atoms with Crippen LogP contribution in [0.2, 0.25) is 0 Å².